The highest BCUT2D eigenvalue weighted by Crippen LogP contribution is 2.19. The van der Waals surface area contributed by atoms with Gasteiger partial charge in [0.2, 0.25) is 0 Å². The fourth-order valence-electron chi connectivity index (χ4n) is 1.30. The Morgan fingerprint density at radius 2 is 2.43 bits per heavy atom. The van der Waals surface area contributed by atoms with E-state index in [0.29, 0.717) is 30.5 Å². The van der Waals surface area contributed by atoms with Crippen LogP contribution in [-0.2, 0) is 0 Å². The third-order valence-electron chi connectivity index (χ3n) is 2.25. The van der Waals surface area contributed by atoms with E-state index >= 15 is 0 Å². The average Bonchev–Trinajstić information content (AvgIpc) is 2.14. The maximum absolute atomic E-state index is 9.77. The Balaban J connectivity index is 1.95. The second-order valence-electron chi connectivity index (χ2n) is 3.52. The highest BCUT2D eigenvalue weighted by molar-refractivity contribution is 6.32. The summed E-state index contributed by atoms with van der Waals surface area (Å²) in [5, 5.41) is 16.4. The Hall–Kier alpha value is -0.840. The van der Waals surface area contributed by atoms with E-state index in [9.17, 15) is 5.11 Å². The van der Waals surface area contributed by atoms with Gasteiger partial charge in [0.25, 0.3) is 0 Å². The molecular weight excluding hydrogens is 202 g/mol. The molecule has 1 aromatic rings. The quantitative estimate of drug-likeness (QED) is 0.684. The van der Waals surface area contributed by atoms with Crippen LogP contribution in [0.1, 0.15) is 0 Å². The topological polar surface area (TPSA) is 57.2 Å². The zero-order chi connectivity index (χ0) is 10.0. The van der Waals surface area contributed by atoms with Crippen LogP contribution in [0.4, 0.5) is 5.82 Å². The largest absolute Gasteiger partial charge is 0.385 e. The van der Waals surface area contributed by atoms with Gasteiger partial charge in [-0.05, 0) is 12.1 Å². The summed E-state index contributed by atoms with van der Waals surface area (Å²) in [7, 11) is 0. The minimum atomic E-state index is -0.652. The summed E-state index contributed by atoms with van der Waals surface area (Å²) in [6.07, 6.45) is 1.66. The van der Waals surface area contributed by atoms with Crippen molar-refractivity contribution >= 4 is 17.4 Å². The minimum Gasteiger partial charge on any atom is -0.385 e. The van der Waals surface area contributed by atoms with Crippen molar-refractivity contribution in [2.75, 3.05) is 25.0 Å². The van der Waals surface area contributed by atoms with Gasteiger partial charge in [0.05, 0.1) is 5.02 Å². The van der Waals surface area contributed by atoms with Gasteiger partial charge in [0.15, 0.2) is 0 Å². The molecule has 0 unspecified atom stereocenters. The Morgan fingerprint density at radius 1 is 1.64 bits per heavy atom. The summed E-state index contributed by atoms with van der Waals surface area (Å²) in [5.74, 6) is 0.620. The normalized spacial score (nSPS) is 18.7. The van der Waals surface area contributed by atoms with Crippen molar-refractivity contribution in [3.8, 4) is 0 Å². The average molecular weight is 214 g/mol. The van der Waals surface area contributed by atoms with Crippen molar-refractivity contribution in [2.45, 2.75) is 5.60 Å². The molecule has 1 saturated heterocycles. The van der Waals surface area contributed by atoms with Gasteiger partial charge in [-0.2, -0.15) is 0 Å². The van der Waals surface area contributed by atoms with E-state index in [4.69, 9.17) is 11.6 Å². The van der Waals surface area contributed by atoms with Crippen molar-refractivity contribution < 1.29 is 5.11 Å². The van der Waals surface area contributed by atoms with Crippen LogP contribution < -0.4 is 10.6 Å². The molecule has 4 nitrogen and oxygen atoms in total. The number of nitrogens with one attached hydrogen (secondary N) is 2. The van der Waals surface area contributed by atoms with Gasteiger partial charge in [0, 0.05) is 25.8 Å². The monoisotopic (exact) mass is 213 g/mol. The van der Waals surface area contributed by atoms with Crippen LogP contribution in [0.3, 0.4) is 0 Å². The first kappa shape index (κ1) is 9.71. The molecule has 0 aliphatic carbocycles. The number of β-amino-alcohol motifs (C(OH)–C–C–N with tert-alkyl or cyclic N) is 1. The second-order valence-corrected chi connectivity index (χ2v) is 3.92. The molecule has 1 aromatic heterocycles. The first-order valence-corrected chi connectivity index (χ1v) is 4.85. The lowest BCUT2D eigenvalue weighted by molar-refractivity contribution is 0.00306. The van der Waals surface area contributed by atoms with Gasteiger partial charge in [-0.3, -0.25) is 0 Å². The van der Waals surface area contributed by atoms with Crippen LogP contribution >= 0.6 is 11.6 Å². The molecule has 0 radical (unpaired) electrons. The van der Waals surface area contributed by atoms with Gasteiger partial charge in [0.1, 0.15) is 11.4 Å². The third kappa shape index (κ3) is 1.97. The third-order valence-corrected chi connectivity index (χ3v) is 2.56. The van der Waals surface area contributed by atoms with E-state index in [0.717, 1.165) is 0 Å². The predicted octanol–water partition coefficient (Wildman–Crippen LogP) is 0.481. The number of nitrogens with zero attached hydrogens (tertiary/aromatic N) is 1. The minimum absolute atomic E-state index is 0.469. The lowest BCUT2D eigenvalue weighted by Gasteiger charge is -2.37. The van der Waals surface area contributed by atoms with Crippen molar-refractivity contribution in [2.24, 2.45) is 0 Å². The SMILES string of the molecule is OC1(CNc2ncccc2Cl)CNC1. The van der Waals surface area contributed by atoms with E-state index in [-0.39, 0.29) is 0 Å². The van der Waals surface area contributed by atoms with Crippen LogP contribution in [0.25, 0.3) is 0 Å². The van der Waals surface area contributed by atoms with Gasteiger partial charge < -0.3 is 15.7 Å². The molecule has 0 saturated carbocycles. The predicted molar refractivity (Wildman–Crippen MR) is 55.6 cm³/mol. The van der Waals surface area contributed by atoms with Gasteiger partial charge >= 0.3 is 0 Å². The van der Waals surface area contributed by atoms with Crippen molar-refractivity contribution in [3.05, 3.63) is 23.4 Å². The number of pyridine rings is 1. The lowest BCUT2D eigenvalue weighted by Crippen LogP contribution is -2.63. The molecule has 5 heteroatoms. The molecule has 0 atom stereocenters. The van der Waals surface area contributed by atoms with Crippen LogP contribution in [0.15, 0.2) is 18.3 Å². The molecule has 3 N–H and O–H groups in total. The summed E-state index contributed by atoms with van der Waals surface area (Å²) in [6.45, 7) is 1.70. The van der Waals surface area contributed by atoms with Crippen LogP contribution in [0, 0.1) is 0 Å². The zero-order valence-corrected chi connectivity index (χ0v) is 8.38. The zero-order valence-electron chi connectivity index (χ0n) is 7.63. The number of aromatic nitrogens is 1. The molecule has 0 amide bonds. The maximum atomic E-state index is 9.77. The lowest BCUT2D eigenvalue weighted by atomic mass is 9.97. The second kappa shape index (κ2) is 3.73. The molecule has 0 spiro atoms. The summed E-state index contributed by atoms with van der Waals surface area (Å²) in [6, 6.07) is 3.53. The molecule has 76 valence electrons. The van der Waals surface area contributed by atoms with Gasteiger partial charge in [-0.15, -0.1) is 0 Å². The highest BCUT2D eigenvalue weighted by atomic mass is 35.5. The van der Waals surface area contributed by atoms with E-state index in [1.807, 2.05) is 0 Å². The summed E-state index contributed by atoms with van der Waals surface area (Å²) >= 11 is 5.89. The molecular formula is C9H12ClN3O. The van der Waals surface area contributed by atoms with Crippen molar-refractivity contribution in [3.63, 3.8) is 0 Å². The number of hydrogen-bond acceptors (Lipinski definition) is 4. The van der Waals surface area contributed by atoms with E-state index in [1.54, 1.807) is 18.3 Å². The number of rotatable bonds is 3. The van der Waals surface area contributed by atoms with Crippen LogP contribution in [0.5, 0.6) is 0 Å². The van der Waals surface area contributed by atoms with Crippen LogP contribution in [0.2, 0.25) is 5.02 Å². The van der Waals surface area contributed by atoms with E-state index < -0.39 is 5.60 Å². The van der Waals surface area contributed by atoms with Gasteiger partial charge in [-0.1, -0.05) is 11.6 Å². The van der Waals surface area contributed by atoms with Crippen LogP contribution in [-0.4, -0.2) is 35.3 Å². The molecule has 1 aliphatic rings. The molecule has 2 heterocycles. The maximum Gasteiger partial charge on any atom is 0.144 e. The van der Waals surface area contributed by atoms with E-state index in [1.165, 1.54) is 0 Å². The smallest absolute Gasteiger partial charge is 0.144 e. The Bertz CT molecular complexity index is 328. The standard InChI is InChI=1S/C9H12ClN3O/c10-7-2-1-3-12-8(7)13-6-9(14)4-11-5-9/h1-3,11,14H,4-6H2,(H,12,13). The Labute approximate surface area is 87.3 Å². The first-order chi connectivity index (χ1) is 6.70. The number of aliphatic hydroxyl groups is 1. The molecule has 2 rings (SSSR count). The van der Waals surface area contributed by atoms with E-state index in [2.05, 4.69) is 15.6 Å². The summed E-state index contributed by atoms with van der Waals surface area (Å²) in [5.41, 5.74) is -0.652. The number of hydrogen-bond donors (Lipinski definition) is 3. The first-order valence-electron chi connectivity index (χ1n) is 4.47. The molecule has 14 heavy (non-hydrogen) atoms. The molecule has 1 aliphatic heterocycles. The Kier molecular flexibility index (Phi) is 2.58. The van der Waals surface area contributed by atoms with Gasteiger partial charge in [-0.25, -0.2) is 4.98 Å². The number of anilines is 1. The fourth-order valence-corrected chi connectivity index (χ4v) is 1.49. The van der Waals surface area contributed by atoms with Crippen molar-refractivity contribution in [1.82, 2.24) is 10.3 Å². The van der Waals surface area contributed by atoms with Crippen molar-refractivity contribution in [1.29, 1.82) is 0 Å². The fraction of sp³-hybridized carbons (Fsp3) is 0.444. The highest BCUT2D eigenvalue weighted by Gasteiger charge is 2.33. The summed E-state index contributed by atoms with van der Waals surface area (Å²) < 4.78 is 0. The molecule has 0 aromatic carbocycles. The number of halogens is 1. The molecule has 0 bridgehead atoms. The summed E-state index contributed by atoms with van der Waals surface area (Å²) in [4.78, 5) is 4.07. The Morgan fingerprint density at radius 3 is 3.00 bits per heavy atom. The molecule has 1 fully saturated rings.